The van der Waals surface area contributed by atoms with Crippen LogP contribution >= 0.6 is 0 Å². The second-order valence-corrected chi connectivity index (χ2v) is 5.71. The zero-order valence-corrected chi connectivity index (χ0v) is 12.7. The van der Waals surface area contributed by atoms with Gasteiger partial charge in [0.15, 0.2) is 0 Å². The number of hydrogen-bond acceptors (Lipinski definition) is 3. The summed E-state index contributed by atoms with van der Waals surface area (Å²) < 4.78 is 5.26. The number of aryl methyl sites for hydroxylation is 1. The summed E-state index contributed by atoms with van der Waals surface area (Å²) in [5.41, 5.74) is 3.80. The standard InChI is InChI=1S/C18H22N2O/c1-14-11-16(12-19-18(14)21-2)17-9-6-10-20(17)13-15-7-4-3-5-8-15/h3-5,7-8,11-12,17H,6,9-10,13H2,1-2H3/t17-/m1/s1. The first-order valence-corrected chi connectivity index (χ1v) is 7.56. The number of nitrogens with zero attached hydrogens (tertiary/aromatic N) is 2. The van der Waals surface area contributed by atoms with E-state index in [4.69, 9.17) is 4.74 Å². The molecule has 0 bridgehead atoms. The number of aromatic nitrogens is 1. The van der Waals surface area contributed by atoms with E-state index < -0.39 is 0 Å². The maximum absolute atomic E-state index is 5.26. The summed E-state index contributed by atoms with van der Waals surface area (Å²) in [5, 5.41) is 0. The number of likely N-dealkylation sites (tertiary alicyclic amines) is 1. The van der Waals surface area contributed by atoms with Gasteiger partial charge in [-0.15, -0.1) is 0 Å². The van der Waals surface area contributed by atoms with Gasteiger partial charge in [0.25, 0.3) is 0 Å². The van der Waals surface area contributed by atoms with E-state index in [1.807, 2.05) is 6.20 Å². The number of benzene rings is 1. The van der Waals surface area contributed by atoms with Gasteiger partial charge in [-0.05, 0) is 43.5 Å². The van der Waals surface area contributed by atoms with Crippen molar-refractivity contribution in [3.8, 4) is 5.88 Å². The molecule has 0 saturated carbocycles. The van der Waals surface area contributed by atoms with Crippen molar-refractivity contribution in [3.63, 3.8) is 0 Å². The lowest BCUT2D eigenvalue weighted by Gasteiger charge is -2.25. The lowest BCUT2D eigenvalue weighted by molar-refractivity contribution is 0.248. The molecule has 3 heteroatoms. The van der Waals surface area contributed by atoms with Crippen molar-refractivity contribution < 1.29 is 4.74 Å². The number of pyridine rings is 1. The first-order valence-electron chi connectivity index (χ1n) is 7.56. The van der Waals surface area contributed by atoms with E-state index in [0.29, 0.717) is 6.04 Å². The second-order valence-electron chi connectivity index (χ2n) is 5.71. The molecule has 2 aromatic rings. The van der Waals surface area contributed by atoms with Crippen LogP contribution in [-0.2, 0) is 6.54 Å². The van der Waals surface area contributed by atoms with Gasteiger partial charge in [-0.1, -0.05) is 30.3 Å². The maximum Gasteiger partial charge on any atom is 0.215 e. The predicted octanol–water partition coefficient (Wildman–Crippen LogP) is 3.74. The highest BCUT2D eigenvalue weighted by Gasteiger charge is 2.26. The molecule has 1 aliphatic heterocycles. The molecule has 1 saturated heterocycles. The van der Waals surface area contributed by atoms with E-state index in [9.17, 15) is 0 Å². The molecule has 1 aliphatic rings. The van der Waals surface area contributed by atoms with Crippen LogP contribution in [0.1, 0.15) is 35.6 Å². The van der Waals surface area contributed by atoms with Crippen molar-refractivity contribution in [1.82, 2.24) is 9.88 Å². The average molecular weight is 282 g/mol. The Morgan fingerprint density at radius 1 is 1.29 bits per heavy atom. The summed E-state index contributed by atoms with van der Waals surface area (Å²) in [6.07, 6.45) is 4.43. The Morgan fingerprint density at radius 3 is 2.81 bits per heavy atom. The minimum absolute atomic E-state index is 0.474. The molecule has 1 aromatic heterocycles. The van der Waals surface area contributed by atoms with E-state index in [-0.39, 0.29) is 0 Å². The quantitative estimate of drug-likeness (QED) is 0.854. The molecule has 3 nitrogen and oxygen atoms in total. The van der Waals surface area contributed by atoms with Crippen molar-refractivity contribution >= 4 is 0 Å². The molecular weight excluding hydrogens is 260 g/mol. The molecule has 1 aromatic carbocycles. The second kappa shape index (κ2) is 6.27. The van der Waals surface area contributed by atoms with Gasteiger partial charge < -0.3 is 4.74 Å². The summed E-state index contributed by atoms with van der Waals surface area (Å²) in [7, 11) is 1.67. The third-order valence-corrected chi connectivity index (χ3v) is 4.22. The fraction of sp³-hybridized carbons (Fsp3) is 0.389. The number of hydrogen-bond donors (Lipinski definition) is 0. The van der Waals surface area contributed by atoms with Gasteiger partial charge in [0.2, 0.25) is 5.88 Å². The molecule has 0 amide bonds. The lowest BCUT2D eigenvalue weighted by Crippen LogP contribution is -2.23. The number of ether oxygens (including phenoxy) is 1. The first kappa shape index (κ1) is 14.1. The minimum atomic E-state index is 0.474. The number of methoxy groups -OCH3 is 1. The van der Waals surface area contributed by atoms with E-state index in [1.54, 1.807) is 7.11 Å². The molecule has 3 rings (SSSR count). The van der Waals surface area contributed by atoms with Gasteiger partial charge in [-0.3, -0.25) is 4.90 Å². The molecule has 1 fully saturated rings. The molecule has 0 N–H and O–H groups in total. The summed E-state index contributed by atoms with van der Waals surface area (Å²) >= 11 is 0. The Morgan fingerprint density at radius 2 is 2.10 bits per heavy atom. The molecule has 110 valence electrons. The summed E-state index contributed by atoms with van der Waals surface area (Å²) in [4.78, 5) is 6.99. The Balaban J connectivity index is 1.79. The Labute approximate surface area is 126 Å². The highest BCUT2D eigenvalue weighted by atomic mass is 16.5. The molecule has 1 atom stereocenters. The first-order chi connectivity index (χ1) is 10.3. The fourth-order valence-corrected chi connectivity index (χ4v) is 3.19. The normalized spacial score (nSPS) is 18.9. The zero-order chi connectivity index (χ0) is 14.7. The highest BCUT2D eigenvalue weighted by Crippen LogP contribution is 2.34. The zero-order valence-electron chi connectivity index (χ0n) is 12.7. The fourth-order valence-electron chi connectivity index (χ4n) is 3.19. The number of rotatable bonds is 4. The van der Waals surface area contributed by atoms with Gasteiger partial charge in [0.1, 0.15) is 0 Å². The third kappa shape index (κ3) is 3.08. The van der Waals surface area contributed by atoms with Crippen LogP contribution in [0.2, 0.25) is 0 Å². The van der Waals surface area contributed by atoms with Crippen LogP contribution in [-0.4, -0.2) is 23.5 Å². The highest BCUT2D eigenvalue weighted by molar-refractivity contribution is 5.30. The van der Waals surface area contributed by atoms with Crippen LogP contribution in [0, 0.1) is 6.92 Å². The summed E-state index contributed by atoms with van der Waals surface area (Å²) in [6, 6.07) is 13.4. The topological polar surface area (TPSA) is 25.4 Å². The van der Waals surface area contributed by atoms with Crippen molar-refractivity contribution in [2.45, 2.75) is 32.4 Å². The smallest absolute Gasteiger partial charge is 0.215 e. The molecule has 0 radical (unpaired) electrons. The van der Waals surface area contributed by atoms with Crippen LogP contribution in [0.5, 0.6) is 5.88 Å². The molecule has 2 heterocycles. The lowest BCUT2D eigenvalue weighted by atomic mass is 10.0. The Kier molecular flexibility index (Phi) is 4.20. The van der Waals surface area contributed by atoms with Crippen molar-refractivity contribution in [2.24, 2.45) is 0 Å². The van der Waals surface area contributed by atoms with Crippen LogP contribution in [0.15, 0.2) is 42.6 Å². The van der Waals surface area contributed by atoms with Gasteiger partial charge in [0.05, 0.1) is 7.11 Å². The van der Waals surface area contributed by atoms with Gasteiger partial charge >= 0.3 is 0 Å². The van der Waals surface area contributed by atoms with Crippen LogP contribution < -0.4 is 4.74 Å². The Bertz CT molecular complexity index is 597. The van der Waals surface area contributed by atoms with Crippen molar-refractivity contribution in [2.75, 3.05) is 13.7 Å². The van der Waals surface area contributed by atoms with Gasteiger partial charge in [-0.2, -0.15) is 0 Å². The SMILES string of the molecule is COc1ncc([C@H]2CCCN2Cc2ccccc2)cc1C. The summed E-state index contributed by atoms with van der Waals surface area (Å²) in [5.74, 6) is 0.728. The van der Waals surface area contributed by atoms with Crippen molar-refractivity contribution in [1.29, 1.82) is 0 Å². The summed E-state index contributed by atoms with van der Waals surface area (Å²) in [6.45, 7) is 4.23. The molecular formula is C18H22N2O. The molecule has 0 aliphatic carbocycles. The van der Waals surface area contributed by atoms with Gasteiger partial charge in [-0.25, -0.2) is 4.98 Å². The largest absolute Gasteiger partial charge is 0.481 e. The third-order valence-electron chi connectivity index (χ3n) is 4.22. The van der Waals surface area contributed by atoms with E-state index in [0.717, 1.165) is 24.5 Å². The molecule has 21 heavy (non-hydrogen) atoms. The average Bonchev–Trinajstić information content (AvgIpc) is 2.96. The molecule has 0 unspecified atom stereocenters. The monoisotopic (exact) mass is 282 g/mol. The van der Waals surface area contributed by atoms with Gasteiger partial charge in [0, 0.05) is 24.3 Å². The minimum Gasteiger partial charge on any atom is -0.481 e. The van der Waals surface area contributed by atoms with Crippen molar-refractivity contribution in [3.05, 3.63) is 59.3 Å². The van der Waals surface area contributed by atoms with Crippen LogP contribution in [0.4, 0.5) is 0 Å². The van der Waals surface area contributed by atoms with E-state index >= 15 is 0 Å². The Hall–Kier alpha value is -1.87. The predicted molar refractivity (Wildman–Crippen MR) is 84.4 cm³/mol. The molecule has 0 spiro atoms. The van der Waals surface area contributed by atoms with E-state index in [2.05, 4.69) is 53.2 Å². The van der Waals surface area contributed by atoms with E-state index in [1.165, 1.54) is 24.0 Å². The maximum atomic E-state index is 5.26. The van der Waals surface area contributed by atoms with Crippen LogP contribution in [0.3, 0.4) is 0 Å². The van der Waals surface area contributed by atoms with Crippen LogP contribution in [0.25, 0.3) is 0 Å².